The predicted octanol–water partition coefficient (Wildman–Crippen LogP) is 3.05. The van der Waals surface area contributed by atoms with Gasteiger partial charge in [0.15, 0.2) is 0 Å². The zero-order valence-electron chi connectivity index (χ0n) is 14.0. The lowest BCUT2D eigenvalue weighted by atomic mass is 9.84. The van der Waals surface area contributed by atoms with E-state index in [0.29, 0.717) is 11.5 Å². The molecule has 1 N–H and O–H groups in total. The highest BCUT2D eigenvalue weighted by Crippen LogP contribution is 2.39. The number of nitrogens with one attached hydrogen (secondary N) is 1. The Hall–Kier alpha value is -0.120. The van der Waals surface area contributed by atoms with Gasteiger partial charge in [0.1, 0.15) is 0 Å². The van der Waals surface area contributed by atoms with Crippen molar-refractivity contribution in [1.29, 1.82) is 0 Å². The maximum Gasteiger partial charge on any atom is 0.0698 e. The first-order valence-electron chi connectivity index (χ1n) is 8.43. The van der Waals surface area contributed by atoms with Crippen LogP contribution in [-0.4, -0.2) is 49.8 Å². The monoisotopic (exact) mass is 282 g/mol. The van der Waals surface area contributed by atoms with Crippen molar-refractivity contribution in [2.45, 2.75) is 70.9 Å². The van der Waals surface area contributed by atoms with Crippen LogP contribution < -0.4 is 5.32 Å². The van der Waals surface area contributed by atoms with E-state index in [-0.39, 0.29) is 5.54 Å². The van der Waals surface area contributed by atoms with Gasteiger partial charge in [0.2, 0.25) is 0 Å². The van der Waals surface area contributed by atoms with E-state index in [9.17, 15) is 0 Å². The Balaban J connectivity index is 1.91. The number of likely N-dealkylation sites (tertiary alicyclic amines) is 1. The average Bonchev–Trinajstić information content (AvgIpc) is 2.85. The molecule has 3 nitrogen and oxygen atoms in total. The van der Waals surface area contributed by atoms with E-state index in [0.717, 1.165) is 6.54 Å². The van der Waals surface area contributed by atoms with Crippen LogP contribution in [0.15, 0.2) is 0 Å². The normalized spacial score (nSPS) is 27.9. The van der Waals surface area contributed by atoms with Gasteiger partial charge < -0.3 is 15.0 Å². The van der Waals surface area contributed by atoms with Crippen molar-refractivity contribution in [3.8, 4) is 0 Å². The number of methoxy groups -OCH3 is 1. The second kappa shape index (κ2) is 6.76. The summed E-state index contributed by atoms with van der Waals surface area (Å²) in [5, 5.41) is 3.76. The number of piperidine rings is 1. The van der Waals surface area contributed by atoms with Gasteiger partial charge in [-0.2, -0.15) is 0 Å². The SMILES string of the molecule is COC1CCCN(CC2(CNC(C)(C)C)CCCC2)C1. The molecule has 20 heavy (non-hydrogen) atoms. The lowest BCUT2D eigenvalue weighted by molar-refractivity contribution is 0.0136. The van der Waals surface area contributed by atoms with Crippen LogP contribution >= 0.6 is 0 Å². The van der Waals surface area contributed by atoms with Gasteiger partial charge in [0.05, 0.1) is 6.10 Å². The van der Waals surface area contributed by atoms with Crippen LogP contribution in [0.3, 0.4) is 0 Å². The van der Waals surface area contributed by atoms with Crippen LogP contribution in [0.2, 0.25) is 0 Å². The third kappa shape index (κ3) is 4.71. The Morgan fingerprint density at radius 2 is 1.90 bits per heavy atom. The molecule has 0 aromatic heterocycles. The molecule has 1 saturated carbocycles. The number of nitrogens with zero attached hydrogens (tertiary/aromatic N) is 1. The molecule has 1 aliphatic carbocycles. The molecule has 1 atom stereocenters. The molecule has 1 heterocycles. The number of rotatable bonds is 5. The summed E-state index contributed by atoms with van der Waals surface area (Å²) in [6, 6.07) is 0. The van der Waals surface area contributed by atoms with Crippen molar-refractivity contribution in [3.63, 3.8) is 0 Å². The summed E-state index contributed by atoms with van der Waals surface area (Å²) in [7, 11) is 1.86. The lowest BCUT2D eigenvalue weighted by Crippen LogP contribution is -2.50. The summed E-state index contributed by atoms with van der Waals surface area (Å²) in [5.74, 6) is 0. The molecule has 1 saturated heterocycles. The first kappa shape index (κ1) is 16.3. The summed E-state index contributed by atoms with van der Waals surface area (Å²) < 4.78 is 5.58. The molecule has 0 bridgehead atoms. The zero-order chi connectivity index (χ0) is 14.6. The molecule has 0 spiro atoms. The molecule has 0 aromatic carbocycles. The molecular formula is C17H34N2O. The van der Waals surface area contributed by atoms with Crippen molar-refractivity contribution in [1.82, 2.24) is 10.2 Å². The van der Waals surface area contributed by atoms with Crippen LogP contribution in [0.4, 0.5) is 0 Å². The molecule has 1 unspecified atom stereocenters. The van der Waals surface area contributed by atoms with Gasteiger partial charge in [-0.05, 0) is 58.4 Å². The van der Waals surface area contributed by atoms with Crippen molar-refractivity contribution in [2.75, 3.05) is 33.3 Å². The average molecular weight is 282 g/mol. The Bertz CT molecular complexity index is 292. The van der Waals surface area contributed by atoms with Crippen molar-refractivity contribution < 1.29 is 4.74 Å². The fraction of sp³-hybridized carbons (Fsp3) is 1.00. The lowest BCUT2D eigenvalue weighted by Gasteiger charge is -2.40. The number of hydrogen-bond donors (Lipinski definition) is 1. The quantitative estimate of drug-likeness (QED) is 0.839. The van der Waals surface area contributed by atoms with E-state index in [4.69, 9.17) is 4.74 Å². The molecule has 2 aliphatic rings. The molecule has 0 radical (unpaired) electrons. The third-order valence-corrected chi connectivity index (χ3v) is 5.01. The van der Waals surface area contributed by atoms with Crippen molar-refractivity contribution in [2.24, 2.45) is 5.41 Å². The Kier molecular flexibility index (Phi) is 5.49. The summed E-state index contributed by atoms with van der Waals surface area (Å²) in [4.78, 5) is 2.66. The van der Waals surface area contributed by atoms with E-state index in [1.165, 1.54) is 58.2 Å². The minimum absolute atomic E-state index is 0.229. The fourth-order valence-corrected chi connectivity index (χ4v) is 3.79. The molecule has 0 amide bonds. The van der Waals surface area contributed by atoms with Crippen molar-refractivity contribution >= 4 is 0 Å². The Morgan fingerprint density at radius 1 is 1.20 bits per heavy atom. The van der Waals surface area contributed by atoms with Gasteiger partial charge >= 0.3 is 0 Å². The largest absolute Gasteiger partial charge is 0.380 e. The van der Waals surface area contributed by atoms with Gasteiger partial charge in [-0.25, -0.2) is 0 Å². The Labute approximate surface area is 125 Å². The fourth-order valence-electron chi connectivity index (χ4n) is 3.79. The van der Waals surface area contributed by atoms with Crippen molar-refractivity contribution in [3.05, 3.63) is 0 Å². The number of hydrogen-bond acceptors (Lipinski definition) is 3. The summed E-state index contributed by atoms with van der Waals surface area (Å²) >= 11 is 0. The van der Waals surface area contributed by atoms with E-state index >= 15 is 0 Å². The van der Waals surface area contributed by atoms with Crippen LogP contribution in [0, 0.1) is 5.41 Å². The van der Waals surface area contributed by atoms with E-state index in [2.05, 4.69) is 31.0 Å². The van der Waals surface area contributed by atoms with Gasteiger partial charge in [0.25, 0.3) is 0 Å². The predicted molar refractivity (Wildman–Crippen MR) is 85.1 cm³/mol. The second-order valence-electron chi connectivity index (χ2n) is 8.05. The molecule has 118 valence electrons. The zero-order valence-corrected chi connectivity index (χ0v) is 14.0. The summed E-state index contributed by atoms with van der Waals surface area (Å²) in [6.07, 6.45) is 8.59. The highest BCUT2D eigenvalue weighted by atomic mass is 16.5. The van der Waals surface area contributed by atoms with Crippen LogP contribution in [0.1, 0.15) is 59.3 Å². The van der Waals surface area contributed by atoms with Gasteiger partial charge in [-0.3, -0.25) is 0 Å². The first-order chi connectivity index (χ1) is 9.42. The van der Waals surface area contributed by atoms with Gasteiger partial charge in [-0.15, -0.1) is 0 Å². The molecule has 3 heteroatoms. The van der Waals surface area contributed by atoms with E-state index < -0.39 is 0 Å². The van der Waals surface area contributed by atoms with Gasteiger partial charge in [-0.1, -0.05) is 12.8 Å². The molecule has 0 aromatic rings. The molecule has 1 aliphatic heterocycles. The molecule has 2 rings (SSSR count). The Morgan fingerprint density at radius 3 is 2.50 bits per heavy atom. The minimum Gasteiger partial charge on any atom is -0.380 e. The molecular weight excluding hydrogens is 248 g/mol. The maximum atomic E-state index is 5.58. The van der Waals surface area contributed by atoms with Crippen LogP contribution in [0.5, 0.6) is 0 Å². The third-order valence-electron chi connectivity index (χ3n) is 5.01. The van der Waals surface area contributed by atoms with Crippen LogP contribution in [0.25, 0.3) is 0 Å². The topological polar surface area (TPSA) is 24.5 Å². The van der Waals surface area contributed by atoms with E-state index in [1.807, 2.05) is 7.11 Å². The maximum absolute atomic E-state index is 5.58. The summed E-state index contributed by atoms with van der Waals surface area (Å²) in [6.45, 7) is 11.7. The highest BCUT2D eigenvalue weighted by Gasteiger charge is 2.37. The number of ether oxygens (including phenoxy) is 1. The highest BCUT2D eigenvalue weighted by molar-refractivity contribution is 4.92. The standard InChI is InChI=1S/C17H34N2O/c1-16(2,3)18-13-17(9-5-6-10-17)14-19-11-7-8-15(12-19)20-4/h15,18H,5-14H2,1-4H3. The van der Waals surface area contributed by atoms with Crippen LogP contribution in [-0.2, 0) is 4.74 Å². The van der Waals surface area contributed by atoms with E-state index in [1.54, 1.807) is 0 Å². The first-order valence-corrected chi connectivity index (χ1v) is 8.43. The molecule has 2 fully saturated rings. The minimum atomic E-state index is 0.229. The summed E-state index contributed by atoms with van der Waals surface area (Å²) in [5.41, 5.74) is 0.732. The smallest absolute Gasteiger partial charge is 0.0698 e. The van der Waals surface area contributed by atoms with Gasteiger partial charge in [0, 0.05) is 32.3 Å². The second-order valence-corrected chi connectivity index (χ2v) is 8.05.